The van der Waals surface area contributed by atoms with Crippen LogP contribution in [0.3, 0.4) is 0 Å². The van der Waals surface area contributed by atoms with Crippen molar-refractivity contribution in [3.63, 3.8) is 0 Å². The fraction of sp³-hybridized carbons (Fsp3) is 0. The zero-order valence-electron chi connectivity index (χ0n) is 74.3. The van der Waals surface area contributed by atoms with Gasteiger partial charge < -0.3 is 35.3 Å². The number of hydrogen-bond acceptors (Lipinski definition) is 8. The number of fused-ring (bicyclic) bond motifs is 60. The zero-order valence-corrected chi connectivity index (χ0v) is 77.6. The molecule has 0 spiro atoms. The van der Waals surface area contributed by atoms with Gasteiger partial charge in [0, 0.05) is 235 Å². The van der Waals surface area contributed by atoms with E-state index in [-0.39, 0.29) is 0 Å². The molecule has 0 aliphatic heterocycles. The molecule has 0 amide bonds. The van der Waals surface area contributed by atoms with Gasteiger partial charge in [-0.1, -0.05) is 267 Å². The molecule has 0 fully saturated rings. The first kappa shape index (κ1) is 75.9. The number of nitrogens with zero attached hydrogens (tertiary/aromatic N) is 4. The summed E-state index contributed by atoms with van der Waals surface area (Å²) < 4.78 is 45.6. The van der Waals surface area contributed by atoms with E-state index in [2.05, 4.69) is 406 Å². The Balaban J connectivity index is 0.0000000829. The number of thiophene rings is 4. The van der Waals surface area contributed by atoms with E-state index < -0.39 is 0 Å². The molecule has 0 saturated heterocycles. The molecule has 0 N–H and O–H groups in total. The molecule has 0 atom stereocenters. The fourth-order valence-corrected chi connectivity index (χ4v) is 29.1. The molecule has 36 rings (SSSR count). The number of para-hydroxylation sites is 4. The van der Waals surface area contributed by atoms with Crippen molar-refractivity contribution in [3.05, 3.63) is 413 Å². The Morgan fingerprint density at radius 3 is 0.964 bits per heavy atom. The third kappa shape index (κ3) is 10.4. The molecular formula is C128H68N4O4S4. The SMILES string of the molecule is c1ccc2c(c1)cn1c2c2ccc3oc4ccccc4c3c2c2ccc3c4ccccc4sc3c21.c1ccc2c(c1)cn1c3cc4c(cc3c3cc5oc6ccccc6c5cc3c21)sc1ccccc14.c1ccc2c(c1)cn1c3ccc4c5ccccc5sc4c3c3cc4c(cc3c21)oc1ccccc14.c1ccc2c(c1)cn1c3ccc4c5ccccc5sc4c3c3cc4oc5ccccc5c4cc3c21. The molecule has 36 aromatic rings. The van der Waals surface area contributed by atoms with Gasteiger partial charge in [0.1, 0.15) is 44.7 Å². The number of rotatable bonds is 0. The Morgan fingerprint density at radius 2 is 0.464 bits per heavy atom. The summed E-state index contributed by atoms with van der Waals surface area (Å²) in [4.78, 5) is 0. The summed E-state index contributed by atoms with van der Waals surface area (Å²) in [5.74, 6) is 0. The van der Waals surface area contributed by atoms with Gasteiger partial charge in [0.05, 0.1) is 48.8 Å². The molecule has 0 unspecified atom stereocenters. The van der Waals surface area contributed by atoms with Crippen LogP contribution in [0.4, 0.5) is 0 Å². The monoisotopic (exact) mass is 1850 g/mol. The van der Waals surface area contributed by atoms with Gasteiger partial charge in [-0.25, -0.2) is 0 Å². The fourth-order valence-electron chi connectivity index (χ4n) is 24.2. The molecular weight excluding hydrogens is 1790 g/mol. The molecule has 0 saturated carbocycles. The maximum Gasteiger partial charge on any atom is 0.136 e. The highest BCUT2D eigenvalue weighted by atomic mass is 32.1. The van der Waals surface area contributed by atoms with Crippen LogP contribution in [-0.4, -0.2) is 17.6 Å². The number of pyridine rings is 4. The molecule has 648 valence electrons. The van der Waals surface area contributed by atoms with Gasteiger partial charge in [0.2, 0.25) is 0 Å². The van der Waals surface area contributed by atoms with Crippen molar-refractivity contribution in [1.82, 2.24) is 17.6 Å². The van der Waals surface area contributed by atoms with Crippen molar-refractivity contribution < 1.29 is 17.7 Å². The first-order valence-electron chi connectivity index (χ1n) is 47.4. The lowest BCUT2D eigenvalue weighted by Crippen LogP contribution is -1.90. The minimum Gasteiger partial charge on any atom is -0.456 e. The summed E-state index contributed by atoms with van der Waals surface area (Å²) in [6.07, 6.45) is 9.19. The number of furan rings is 4. The van der Waals surface area contributed by atoms with Gasteiger partial charge in [0.15, 0.2) is 0 Å². The second-order valence-corrected chi connectivity index (χ2v) is 41.7. The quantitative estimate of drug-likeness (QED) is 0.142. The first-order chi connectivity index (χ1) is 69.4. The maximum absolute atomic E-state index is 6.36. The summed E-state index contributed by atoms with van der Waals surface area (Å²) in [6, 6.07) is 140. The van der Waals surface area contributed by atoms with Crippen molar-refractivity contribution >= 4 is 366 Å². The largest absolute Gasteiger partial charge is 0.456 e. The molecule has 0 aliphatic carbocycles. The summed E-state index contributed by atoms with van der Waals surface area (Å²) in [6.45, 7) is 0. The van der Waals surface area contributed by atoms with Crippen LogP contribution in [0.25, 0.3) is 320 Å². The van der Waals surface area contributed by atoms with Crippen LogP contribution in [0, 0.1) is 0 Å². The number of hydrogen-bond donors (Lipinski definition) is 0. The summed E-state index contributed by atoms with van der Waals surface area (Å²) in [5.41, 5.74) is 17.5. The Morgan fingerprint density at radius 1 is 0.143 bits per heavy atom. The van der Waals surface area contributed by atoms with Crippen LogP contribution in [0.5, 0.6) is 0 Å². The average Bonchev–Trinajstić information content (AvgIpc) is 1.53. The average molecular weight is 1850 g/mol. The number of aromatic nitrogens is 4. The minimum absolute atomic E-state index is 0.935. The summed E-state index contributed by atoms with van der Waals surface area (Å²) in [7, 11) is 0. The van der Waals surface area contributed by atoms with E-state index in [1.807, 2.05) is 69.6 Å². The van der Waals surface area contributed by atoms with Crippen molar-refractivity contribution in [2.24, 2.45) is 0 Å². The van der Waals surface area contributed by atoms with Crippen LogP contribution < -0.4 is 0 Å². The molecule has 20 aromatic carbocycles. The lowest BCUT2D eigenvalue weighted by atomic mass is 9.97. The maximum atomic E-state index is 6.36. The number of benzene rings is 20. The van der Waals surface area contributed by atoms with E-state index in [1.165, 1.54) is 276 Å². The van der Waals surface area contributed by atoms with E-state index in [0.29, 0.717) is 0 Å². The van der Waals surface area contributed by atoms with E-state index >= 15 is 0 Å². The topological polar surface area (TPSA) is 70.2 Å². The molecule has 16 aromatic heterocycles. The second-order valence-electron chi connectivity index (χ2n) is 37.4. The van der Waals surface area contributed by atoms with Crippen molar-refractivity contribution in [1.29, 1.82) is 0 Å². The smallest absolute Gasteiger partial charge is 0.136 e. The normalized spacial score (nSPS) is 12.6. The van der Waals surface area contributed by atoms with E-state index in [9.17, 15) is 0 Å². The van der Waals surface area contributed by atoms with Gasteiger partial charge >= 0.3 is 0 Å². The van der Waals surface area contributed by atoms with Crippen molar-refractivity contribution in [2.75, 3.05) is 0 Å². The molecule has 16 heterocycles. The van der Waals surface area contributed by atoms with Crippen molar-refractivity contribution in [2.45, 2.75) is 0 Å². The summed E-state index contributed by atoms with van der Waals surface area (Å²) >= 11 is 7.55. The zero-order chi connectivity index (χ0) is 90.7. The predicted octanol–water partition coefficient (Wildman–Crippen LogP) is 38.7. The predicted molar refractivity (Wildman–Crippen MR) is 600 cm³/mol. The van der Waals surface area contributed by atoms with Crippen LogP contribution in [0.1, 0.15) is 0 Å². The Hall–Kier alpha value is -17.4. The second kappa shape index (κ2) is 28.2. The van der Waals surface area contributed by atoms with Gasteiger partial charge in [-0.3, -0.25) is 0 Å². The van der Waals surface area contributed by atoms with Crippen LogP contribution in [0.2, 0.25) is 0 Å². The lowest BCUT2D eigenvalue weighted by molar-refractivity contribution is 0.669. The van der Waals surface area contributed by atoms with Gasteiger partial charge in [0.25, 0.3) is 0 Å². The molecule has 0 radical (unpaired) electrons. The van der Waals surface area contributed by atoms with Gasteiger partial charge in [-0.15, -0.1) is 45.3 Å². The van der Waals surface area contributed by atoms with Crippen LogP contribution in [-0.2, 0) is 0 Å². The first-order valence-corrected chi connectivity index (χ1v) is 50.7. The van der Waals surface area contributed by atoms with Crippen LogP contribution >= 0.6 is 45.3 Å². The van der Waals surface area contributed by atoms with E-state index in [0.717, 1.165) is 44.7 Å². The molecule has 140 heavy (non-hydrogen) atoms. The third-order valence-electron chi connectivity index (χ3n) is 30.2. The Kier molecular flexibility index (Phi) is 15.3. The highest BCUT2D eigenvalue weighted by Gasteiger charge is 2.27. The van der Waals surface area contributed by atoms with E-state index in [4.69, 9.17) is 17.7 Å². The van der Waals surface area contributed by atoms with Gasteiger partial charge in [-0.05, 0) is 137 Å². The Bertz CT molecular complexity index is 12000. The molecule has 8 nitrogen and oxygen atoms in total. The lowest BCUT2D eigenvalue weighted by Gasteiger charge is -2.12. The minimum atomic E-state index is 0.935. The van der Waals surface area contributed by atoms with Crippen molar-refractivity contribution in [3.8, 4) is 0 Å². The molecule has 0 aliphatic rings. The highest BCUT2D eigenvalue weighted by molar-refractivity contribution is 7.28. The van der Waals surface area contributed by atoms with Crippen LogP contribution in [0.15, 0.2) is 431 Å². The third-order valence-corrected chi connectivity index (χ3v) is 34.9. The molecule has 12 heteroatoms. The van der Waals surface area contributed by atoms with Gasteiger partial charge in [-0.2, -0.15) is 0 Å². The van der Waals surface area contributed by atoms with E-state index in [1.54, 1.807) is 0 Å². The molecule has 0 bridgehead atoms. The Labute approximate surface area is 807 Å². The summed E-state index contributed by atoms with van der Waals surface area (Å²) in [5, 5.41) is 45.3. The standard InChI is InChI=1S/4C32H17NOS/c1-2-8-19-18(7-1)17-33-30(19)23-15-16-26-29(22-10-3-5-11-25(22)34-26)28(23)24-14-13-21-20-9-4-6-12-27(20)35-32(21)31(24)33;1-2-8-19-18(7-1)17-33-27-14-25-21-10-4-6-12-30(21)35-31(25)16-23(27)22-15-29-24(13-26(22)32(19)33)20-9-3-5-11-28(20)34-29;1-2-8-19-18(7-1)17-33-26-14-13-22-21-10-4-6-12-29(21)35-32(22)30(26)24-16-28-23(15-25(24)31(19)33)20-9-3-5-11-27(20)34-28;1-2-8-19-18(7-1)17-33-26-14-13-22-21-10-4-6-12-29(21)35-32(22)30(26)24-15-23-20-9-3-5-11-27(20)34-28(23)16-25(24)31(19)33/h4*1-17H. The highest BCUT2D eigenvalue weighted by Crippen LogP contribution is 2.53.